The number of nitrogens with zero attached hydrogens (tertiary/aromatic N) is 2. The van der Waals surface area contributed by atoms with E-state index < -0.39 is 15.9 Å². The van der Waals surface area contributed by atoms with Crippen molar-refractivity contribution in [1.82, 2.24) is 4.98 Å². The summed E-state index contributed by atoms with van der Waals surface area (Å²) in [4.78, 5) is 17.2. The summed E-state index contributed by atoms with van der Waals surface area (Å²) in [6.45, 7) is 0.349. The minimum atomic E-state index is -3.99. The molecule has 180 valence electrons. The minimum absolute atomic E-state index is 0.00872. The van der Waals surface area contributed by atoms with Gasteiger partial charge in [-0.15, -0.1) is 0 Å². The van der Waals surface area contributed by atoms with Gasteiger partial charge in [-0.1, -0.05) is 36.4 Å². The van der Waals surface area contributed by atoms with E-state index in [-0.39, 0.29) is 23.9 Å². The van der Waals surface area contributed by atoms with Crippen molar-refractivity contribution in [1.29, 1.82) is 0 Å². The lowest BCUT2D eigenvalue weighted by Gasteiger charge is -2.22. The van der Waals surface area contributed by atoms with E-state index in [9.17, 15) is 13.2 Å². The van der Waals surface area contributed by atoms with Crippen LogP contribution < -0.4 is 23.3 Å². The van der Waals surface area contributed by atoms with Crippen molar-refractivity contribution in [2.45, 2.75) is 13.0 Å². The summed E-state index contributed by atoms with van der Waals surface area (Å²) < 4.78 is 47.2. The van der Waals surface area contributed by atoms with Crippen LogP contribution in [0.3, 0.4) is 0 Å². The number of hydrogen-bond donors (Lipinski definition) is 0. The van der Waals surface area contributed by atoms with Gasteiger partial charge in [-0.25, -0.2) is 12.7 Å². The maximum absolute atomic E-state index is 13.1. The molecule has 0 bridgehead atoms. The average Bonchev–Trinajstić information content (AvgIpc) is 2.83. The van der Waals surface area contributed by atoms with E-state index in [0.29, 0.717) is 28.0 Å². The predicted molar refractivity (Wildman–Crippen MR) is 127 cm³/mol. The van der Waals surface area contributed by atoms with Crippen molar-refractivity contribution in [2.24, 2.45) is 0 Å². The predicted octanol–water partition coefficient (Wildman–Crippen LogP) is 3.22. The summed E-state index contributed by atoms with van der Waals surface area (Å²) in [7, 11) is 0.254. The number of amides is 1. The topological polar surface area (TPSA) is 104 Å². The number of hydrogen-bond acceptors (Lipinski definition) is 8. The van der Waals surface area contributed by atoms with Crippen molar-refractivity contribution >= 4 is 21.6 Å². The highest BCUT2D eigenvalue weighted by molar-refractivity contribution is 7.92. The summed E-state index contributed by atoms with van der Waals surface area (Å²) in [5.41, 5.74) is 1.53. The standard InChI is InChI=1S/C24H26N2O7S/c1-30-21-14-18(10-12-20(21)33-16-17-8-6-5-7-9-17)15-23(27)26(34(4,28)29)19-11-13-22(31-2)25-24(19)32-3/h5-14H,15-16H2,1-4H3. The molecule has 1 amide bonds. The van der Waals surface area contributed by atoms with Crippen molar-refractivity contribution in [3.8, 4) is 23.3 Å². The molecule has 0 N–H and O–H groups in total. The van der Waals surface area contributed by atoms with Crippen LogP contribution in [0.25, 0.3) is 0 Å². The first-order valence-electron chi connectivity index (χ1n) is 10.2. The normalized spacial score (nSPS) is 10.9. The maximum atomic E-state index is 13.1. The second kappa shape index (κ2) is 10.9. The summed E-state index contributed by atoms with van der Waals surface area (Å²) in [5.74, 6) is 0.407. The third-order valence-electron chi connectivity index (χ3n) is 4.81. The van der Waals surface area contributed by atoms with E-state index in [1.165, 1.54) is 33.5 Å². The molecule has 0 saturated heterocycles. The molecule has 0 unspecified atom stereocenters. The van der Waals surface area contributed by atoms with Gasteiger partial charge < -0.3 is 18.9 Å². The third-order valence-corrected chi connectivity index (χ3v) is 5.88. The molecule has 0 fully saturated rings. The smallest absolute Gasteiger partial charge is 0.245 e. The molecule has 9 nitrogen and oxygen atoms in total. The van der Waals surface area contributed by atoms with Gasteiger partial charge in [0, 0.05) is 6.07 Å². The first kappa shape index (κ1) is 24.8. The van der Waals surface area contributed by atoms with Crippen molar-refractivity contribution in [3.63, 3.8) is 0 Å². The molecule has 1 heterocycles. The number of benzene rings is 2. The van der Waals surface area contributed by atoms with Crippen molar-refractivity contribution < 1.29 is 32.2 Å². The van der Waals surface area contributed by atoms with Crippen LogP contribution in [-0.4, -0.2) is 46.9 Å². The third kappa shape index (κ3) is 5.96. The molecule has 2 aromatic carbocycles. The molecule has 0 aliphatic rings. The molecule has 0 aliphatic heterocycles. The molecule has 34 heavy (non-hydrogen) atoms. The Kier molecular flexibility index (Phi) is 7.95. The molecular formula is C24H26N2O7S. The van der Waals surface area contributed by atoms with Gasteiger partial charge in [-0.3, -0.25) is 4.79 Å². The van der Waals surface area contributed by atoms with Crippen LogP contribution in [0.5, 0.6) is 23.3 Å². The SMILES string of the molecule is COc1ccc(N(C(=O)Cc2ccc(OCc3ccccc3)c(OC)c2)S(C)(=O)=O)c(OC)n1. The molecular weight excluding hydrogens is 460 g/mol. The summed E-state index contributed by atoms with van der Waals surface area (Å²) in [6.07, 6.45) is 0.729. The Balaban J connectivity index is 1.84. The number of anilines is 1. The fourth-order valence-electron chi connectivity index (χ4n) is 3.26. The van der Waals surface area contributed by atoms with Gasteiger partial charge in [0.05, 0.1) is 34.0 Å². The zero-order valence-electron chi connectivity index (χ0n) is 19.3. The van der Waals surface area contributed by atoms with E-state index in [2.05, 4.69) is 4.98 Å². The number of carbonyl (C=O) groups excluding carboxylic acids is 1. The quantitative estimate of drug-likeness (QED) is 0.430. The zero-order chi connectivity index (χ0) is 24.7. The zero-order valence-corrected chi connectivity index (χ0v) is 20.2. The minimum Gasteiger partial charge on any atom is -0.493 e. The van der Waals surface area contributed by atoms with Gasteiger partial charge in [-0.05, 0) is 29.3 Å². The number of aromatic nitrogens is 1. The monoisotopic (exact) mass is 486 g/mol. The van der Waals surface area contributed by atoms with Crippen LogP contribution in [0.2, 0.25) is 0 Å². The van der Waals surface area contributed by atoms with E-state index >= 15 is 0 Å². The first-order chi connectivity index (χ1) is 16.3. The number of pyridine rings is 1. The molecule has 3 rings (SSSR count). The molecule has 0 aliphatic carbocycles. The molecule has 0 radical (unpaired) electrons. The second-order valence-electron chi connectivity index (χ2n) is 7.24. The van der Waals surface area contributed by atoms with Crippen LogP contribution in [0.1, 0.15) is 11.1 Å². The van der Waals surface area contributed by atoms with Gasteiger partial charge in [0.25, 0.3) is 0 Å². The lowest BCUT2D eigenvalue weighted by molar-refractivity contribution is -0.116. The Hall–Kier alpha value is -3.79. The molecule has 3 aromatic rings. The van der Waals surface area contributed by atoms with E-state index in [1.54, 1.807) is 18.2 Å². The van der Waals surface area contributed by atoms with Gasteiger partial charge in [-0.2, -0.15) is 4.98 Å². The molecule has 1 aromatic heterocycles. The van der Waals surface area contributed by atoms with Gasteiger partial charge in [0.1, 0.15) is 12.3 Å². The number of rotatable bonds is 10. The maximum Gasteiger partial charge on any atom is 0.245 e. The van der Waals surface area contributed by atoms with Gasteiger partial charge in [0.2, 0.25) is 27.7 Å². The molecule has 0 spiro atoms. The Morgan fingerprint density at radius 2 is 1.62 bits per heavy atom. The highest BCUT2D eigenvalue weighted by atomic mass is 32.2. The van der Waals surface area contributed by atoms with Crippen molar-refractivity contribution in [3.05, 3.63) is 71.8 Å². The Bertz CT molecular complexity index is 1250. The number of ether oxygens (including phenoxy) is 4. The fourth-order valence-corrected chi connectivity index (χ4v) is 4.19. The Labute approximate surface area is 198 Å². The van der Waals surface area contributed by atoms with E-state index in [4.69, 9.17) is 18.9 Å². The average molecular weight is 487 g/mol. The van der Waals surface area contributed by atoms with E-state index in [0.717, 1.165) is 11.8 Å². The lowest BCUT2D eigenvalue weighted by Crippen LogP contribution is -2.37. The largest absolute Gasteiger partial charge is 0.493 e. The van der Waals surface area contributed by atoms with Gasteiger partial charge in [0.15, 0.2) is 11.5 Å². The number of carbonyl (C=O) groups is 1. The molecule has 0 atom stereocenters. The van der Waals surface area contributed by atoms with Crippen LogP contribution in [0.15, 0.2) is 60.7 Å². The van der Waals surface area contributed by atoms with E-state index in [1.807, 2.05) is 30.3 Å². The number of methoxy groups -OCH3 is 3. The second-order valence-corrected chi connectivity index (χ2v) is 9.07. The Morgan fingerprint density at radius 1 is 0.882 bits per heavy atom. The lowest BCUT2D eigenvalue weighted by atomic mass is 10.1. The van der Waals surface area contributed by atoms with Crippen molar-refractivity contribution in [2.75, 3.05) is 31.9 Å². The van der Waals surface area contributed by atoms with Crippen LogP contribution in [0.4, 0.5) is 5.69 Å². The van der Waals surface area contributed by atoms with Crippen LogP contribution >= 0.6 is 0 Å². The molecule has 0 saturated carbocycles. The highest BCUT2D eigenvalue weighted by Crippen LogP contribution is 2.32. The van der Waals surface area contributed by atoms with Crippen LogP contribution in [0, 0.1) is 0 Å². The molecule has 10 heteroatoms. The summed E-state index contributed by atoms with van der Waals surface area (Å²) in [6, 6.07) is 17.5. The number of sulfonamides is 1. The summed E-state index contributed by atoms with van der Waals surface area (Å²) >= 11 is 0. The highest BCUT2D eigenvalue weighted by Gasteiger charge is 2.29. The fraction of sp³-hybridized carbons (Fsp3) is 0.250. The van der Waals surface area contributed by atoms with Crippen LogP contribution in [-0.2, 0) is 27.8 Å². The van der Waals surface area contributed by atoms with Gasteiger partial charge >= 0.3 is 0 Å². The summed E-state index contributed by atoms with van der Waals surface area (Å²) in [5, 5.41) is 0. The first-order valence-corrected chi connectivity index (χ1v) is 12.1. The Morgan fingerprint density at radius 3 is 2.24 bits per heavy atom.